The Kier molecular flexibility index (Phi) is 5.38. The molecule has 2 aliphatic rings. The fourth-order valence-electron chi connectivity index (χ4n) is 3.83. The van der Waals surface area contributed by atoms with Crippen LogP contribution in [0.4, 0.5) is 0 Å². The molecule has 1 aromatic rings. The number of aryl methyl sites for hydroxylation is 1. The average Bonchev–Trinajstić information content (AvgIpc) is 3.24. The summed E-state index contributed by atoms with van der Waals surface area (Å²) in [7, 11) is 0. The van der Waals surface area contributed by atoms with Crippen LogP contribution in [0.15, 0.2) is 0 Å². The molecule has 0 spiro atoms. The van der Waals surface area contributed by atoms with Crippen molar-refractivity contribution < 1.29 is 5.11 Å². The fourth-order valence-corrected chi connectivity index (χ4v) is 3.83. The van der Waals surface area contributed by atoms with Gasteiger partial charge in [-0.2, -0.15) is 0 Å². The van der Waals surface area contributed by atoms with Crippen molar-refractivity contribution >= 4 is 0 Å². The molecule has 0 aromatic carbocycles. The second-order valence-electron chi connectivity index (χ2n) is 6.56. The maximum absolute atomic E-state index is 9.49. The van der Waals surface area contributed by atoms with Crippen LogP contribution in [0.5, 0.6) is 0 Å². The van der Waals surface area contributed by atoms with Crippen LogP contribution >= 0.6 is 0 Å². The van der Waals surface area contributed by atoms with Gasteiger partial charge in [-0.1, -0.05) is 6.92 Å². The molecule has 3 rings (SSSR count). The molecule has 0 saturated carbocycles. The van der Waals surface area contributed by atoms with Gasteiger partial charge in [0.1, 0.15) is 0 Å². The van der Waals surface area contributed by atoms with Gasteiger partial charge < -0.3 is 5.11 Å². The van der Waals surface area contributed by atoms with Gasteiger partial charge in [0.2, 0.25) is 0 Å². The minimum absolute atomic E-state index is 0.293. The molecule has 0 bridgehead atoms. The Morgan fingerprint density at radius 2 is 1.91 bits per heavy atom. The van der Waals surface area contributed by atoms with E-state index in [1.165, 1.54) is 19.3 Å². The lowest BCUT2D eigenvalue weighted by Crippen LogP contribution is -2.43. The second kappa shape index (κ2) is 7.48. The van der Waals surface area contributed by atoms with E-state index in [1.54, 1.807) is 0 Å². The first-order chi connectivity index (χ1) is 10.8. The number of hydrogen-bond donors (Lipinski definition) is 1. The zero-order valence-electron chi connectivity index (χ0n) is 13.6. The Morgan fingerprint density at radius 1 is 1.14 bits per heavy atom. The van der Waals surface area contributed by atoms with Gasteiger partial charge >= 0.3 is 0 Å². The molecule has 2 fully saturated rings. The number of hydrogen-bond acceptors (Lipinski definition) is 6. The quantitative estimate of drug-likeness (QED) is 0.791. The van der Waals surface area contributed by atoms with Gasteiger partial charge in [0.05, 0.1) is 13.2 Å². The zero-order chi connectivity index (χ0) is 15.4. The predicted molar refractivity (Wildman–Crippen MR) is 83.2 cm³/mol. The largest absolute Gasteiger partial charge is 0.395 e. The van der Waals surface area contributed by atoms with Gasteiger partial charge in [0.15, 0.2) is 5.82 Å². The van der Waals surface area contributed by atoms with E-state index in [0.717, 1.165) is 51.4 Å². The van der Waals surface area contributed by atoms with Gasteiger partial charge in [-0.15, -0.1) is 5.10 Å². The van der Waals surface area contributed by atoms with E-state index >= 15 is 0 Å². The molecular formula is C15H28N6O. The fraction of sp³-hybridized carbons (Fsp3) is 0.933. The molecule has 0 aliphatic carbocycles. The highest BCUT2D eigenvalue weighted by molar-refractivity contribution is 4.90. The van der Waals surface area contributed by atoms with E-state index in [2.05, 4.69) is 32.2 Å². The Balaban J connectivity index is 1.59. The molecule has 124 valence electrons. The summed E-state index contributed by atoms with van der Waals surface area (Å²) in [5.41, 5.74) is 0. The predicted octanol–water partition coefficient (Wildman–Crippen LogP) is 0.504. The van der Waals surface area contributed by atoms with Gasteiger partial charge in [0.25, 0.3) is 0 Å². The standard InChI is InChI=1S/C15H28N6O/c1-2-7-21-15(16-17-18-21)11-20-9-3-5-13(20)10-19-8-4-6-14(19)12-22/h13-14,22H,2-12H2,1H3. The first kappa shape index (κ1) is 15.8. The van der Waals surface area contributed by atoms with Gasteiger partial charge in [-0.25, -0.2) is 4.68 Å². The second-order valence-corrected chi connectivity index (χ2v) is 6.56. The Labute approximate surface area is 132 Å². The minimum Gasteiger partial charge on any atom is -0.395 e. The number of likely N-dealkylation sites (tertiary alicyclic amines) is 2. The Morgan fingerprint density at radius 3 is 2.68 bits per heavy atom. The summed E-state index contributed by atoms with van der Waals surface area (Å²) in [6.07, 6.45) is 5.89. The maximum atomic E-state index is 9.49. The van der Waals surface area contributed by atoms with E-state index < -0.39 is 0 Å². The number of aliphatic hydroxyl groups excluding tert-OH is 1. The van der Waals surface area contributed by atoms with Crippen LogP contribution < -0.4 is 0 Å². The molecule has 2 atom stereocenters. The van der Waals surface area contributed by atoms with E-state index in [1.807, 2.05) is 4.68 Å². The van der Waals surface area contributed by atoms with E-state index in [-0.39, 0.29) is 0 Å². The first-order valence-electron chi connectivity index (χ1n) is 8.65. The molecule has 7 nitrogen and oxygen atoms in total. The van der Waals surface area contributed by atoms with Crippen molar-refractivity contribution in [2.75, 3.05) is 26.2 Å². The normalized spacial score (nSPS) is 27.0. The molecule has 22 heavy (non-hydrogen) atoms. The third kappa shape index (κ3) is 3.47. The smallest absolute Gasteiger partial charge is 0.165 e. The van der Waals surface area contributed by atoms with Crippen molar-refractivity contribution in [2.24, 2.45) is 0 Å². The average molecular weight is 308 g/mol. The number of aliphatic hydroxyl groups is 1. The van der Waals surface area contributed by atoms with Gasteiger partial charge in [0, 0.05) is 25.2 Å². The summed E-state index contributed by atoms with van der Waals surface area (Å²) in [6.45, 7) is 7.49. The van der Waals surface area contributed by atoms with Crippen molar-refractivity contribution in [1.82, 2.24) is 30.0 Å². The summed E-state index contributed by atoms with van der Waals surface area (Å²) < 4.78 is 1.93. The number of tetrazole rings is 1. The lowest BCUT2D eigenvalue weighted by molar-refractivity contribution is 0.118. The molecule has 0 amide bonds. The summed E-state index contributed by atoms with van der Waals surface area (Å²) >= 11 is 0. The van der Waals surface area contributed by atoms with E-state index in [4.69, 9.17) is 0 Å². The van der Waals surface area contributed by atoms with Crippen molar-refractivity contribution in [3.63, 3.8) is 0 Å². The molecule has 1 aromatic heterocycles. The molecular weight excluding hydrogens is 280 g/mol. The molecule has 2 aliphatic heterocycles. The third-order valence-electron chi connectivity index (χ3n) is 5.04. The van der Waals surface area contributed by atoms with Gasteiger partial charge in [-0.3, -0.25) is 9.80 Å². The lowest BCUT2D eigenvalue weighted by Gasteiger charge is -2.31. The lowest BCUT2D eigenvalue weighted by atomic mass is 10.2. The van der Waals surface area contributed by atoms with Crippen LogP contribution in [0.2, 0.25) is 0 Å². The summed E-state index contributed by atoms with van der Waals surface area (Å²) in [5.74, 6) is 0.980. The molecule has 1 N–H and O–H groups in total. The Bertz CT molecular complexity index is 465. The molecule has 2 unspecified atom stereocenters. The van der Waals surface area contributed by atoms with Crippen molar-refractivity contribution in [2.45, 2.75) is 64.2 Å². The maximum Gasteiger partial charge on any atom is 0.165 e. The van der Waals surface area contributed by atoms with Crippen LogP contribution in [0, 0.1) is 0 Å². The topological polar surface area (TPSA) is 70.3 Å². The van der Waals surface area contributed by atoms with E-state index in [0.29, 0.717) is 18.7 Å². The number of rotatable bonds is 7. The van der Waals surface area contributed by atoms with E-state index in [9.17, 15) is 5.11 Å². The molecule has 7 heteroatoms. The summed E-state index contributed by atoms with van der Waals surface area (Å²) in [5, 5.41) is 21.6. The van der Waals surface area contributed by atoms with Crippen LogP contribution in [0.3, 0.4) is 0 Å². The Hall–Kier alpha value is -1.05. The third-order valence-corrected chi connectivity index (χ3v) is 5.04. The SMILES string of the molecule is CCCn1nnnc1CN1CCCC1CN1CCCC1CO. The summed E-state index contributed by atoms with van der Waals surface area (Å²) in [6, 6.07) is 0.937. The van der Waals surface area contributed by atoms with Crippen molar-refractivity contribution in [3.05, 3.63) is 5.82 Å². The van der Waals surface area contributed by atoms with Crippen molar-refractivity contribution in [1.29, 1.82) is 0 Å². The zero-order valence-corrected chi connectivity index (χ0v) is 13.6. The van der Waals surface area contributed by atoms with Crippen LogP contribution in [-0.2, 0) is 13.1 Å². The minimum atomic E-state index is 0.293. The van der Waals surface area contributed by atoms with Crippen LogP contribution in [-0.4, -0.2) is 73.4 Å². The van der Waals surface area contributed by atoms with Crippen LogP contribution in [0.25, 0.3) is 0 Å². The highest BCUT2D eigenvalue weighted by atomic mass is 16.3. The monoisotopic (exact) mass is 308 g/mol. The molecule has 0 radical (unpaired) electrons. The first-order valence-corrected chi connectivity index (χ1v) is 8.65. The van der Waals surface area contributed by atoms with Crippen molar-refractivity contribution in [3.8, 4) is 0 Å². The van der Waals surface area contributed by atoms with Crippen LogP contribution in [0.1, 0.15) is 44.9 Å². The number of aromatic nitrogens is 4. The number of nitrogens with zero attached hydrogens (tertiary/aromatic N) is 6. The molecule has 2 saturated heterocycles. The highest BCUT2D eigenvalue weighted by Crippen LogP contribution is 2.24. The van der Waals surface area contributed by atoms with Gasteiger partial charge in [-0.05, 0) is 55.6 Å². The summed E-state index contributed by atoms with van der Waals surface area (Å²) in [4.78, 5) is 4.99. The highest BCUT2D eigenvalue weighted by Gasteiger charge is 2.31. The molecule has 3 heterocycles.